The number of nitrogens with two attached hydrogens (primary N) is 1. The van der Waals surface area contributed by atoms with Gasteiger partial charge in [-0.1, -0.05) is 18.2 Å². The van der Waals surface area contributed by atoms with Gasteiger partial charge in [0.15, 0.2) is 0 Å². The number of anilines is 1. The summed E-state index contributed by atoms with van der Waals surface area (Å²) in [5.41, 5.74) is 6.81. The van der Waals surface area contributed by atoms with Gasteiger partial charge in [0.1, 0.15) is 5.82 Å². The Balaban J connectivity index is 1.78. The fourth-order valence-corrected chi connectivity index (χ4v) is 4.43. The summed E-state index contributed by atoms with van der Waals surface area (Å²) in [5, 5.41) is 2.48. The molecule has 3 N–H and O–H groups in total. The summed E-state index contributed by atoms with van der Waals surface area (Å²) in [7, 11) is -3.20. The predicted octanol–water partition coefficient (Wildman–Crippen LogP) is 1.85. The number of hydrogen-bond donors (Lipinski definition) is 2. The fraction of sp³-hybridized carbons (Fsp3) is 0.368. The zero-order valence-corrected chi connectivity index (χ0v) is 17.0. The third kappa shape index (κ3) is 4.89. The van der Waals surface area contributed by atoms with Gasteiger partial charge in [0.05, 0.1) is 11.4 Å². The van der Waals surface area contributed by atoms with Crippen molar-refractivity contribution >= 4 is 21.7 Å². The summed E-state index contributed by atoms with van der Waals surface area (Å²) >= 11 is 0. The molecule has 1 aliphatic heterocycles. The van der Waals surface area contributed by atoms with E-state index >= 15 is 4.39 Å². The average Bonchev–Trinajstić information content (AvgIpc) is 2.70. The lowest BCUT2D eigenvalue weighted by Gasteiger charge is -2.33. The van der Waals surface area contributed by atoms with E-state index in [4.69, 9.17) is 5.73 Å². The van der Waals surface area contributed by atoms with Crippen LogP contribution < -0.4 is 11.1 Å². The number of urea groups is 1. The lowest BCUT2D eigenvalue weighted by molar-refractivity contribution is 0.180. The second kappa shape index (κ2) is 8.85. The zero-order valence-electron chi connectivity index (χ0n) is 16.1. The Morgan fingerprint density at radius 1 is 1.21 bits per heavy atom. The molecule has 1 saturated heterocycles. The molecule has 0 aliphatic carbocycles. The lowest BCUT2D eigenvalue weighted by Crippen LogP contribution is -2.48. The number of benzene rings is 1. The number of rotatable bonds is 6. The first-order valence-electron chi connectivity index (χ1n) is 9.30. The molecule has 8 nitrogen and oxygen atoms in total. The smallest absolute Gasteiger partial charge is 0.316 e. The quantitative estimate of drug-likeness (QED) is 0.740. The lowest BCUT2D eigenvalue weighted by atomic mass is 10.0. The van der Waals surface area contributed by atoms with E-state index in [-0.39, 0.29) is 5.75 Å². The van der Waals surface area contributed by atoms with Gasteiger partial charge in [-0.2, -0.15) is 4.31 Å². The summed E-state index contributed by atoms with van der Waals surface area (Å²) in [6, 6.07) is 5.87. The molecule has 2 amide bonds. The van der Waals surface area contributed by atoms with Crippen LogP contribution >= 0.6 is 0 Å². The van der Waals surface area contributed by atoms with Gasteiger partial charge in [-0.15, -0.1) is 0 Å². The monoisotopic (exact) mass is 421 g/mol. The maximum absolute atomic E-state index is 15.2. The van der Waals surface area contributed by atoms with E-state index in [0.29, 0.717) is 55.1 Å². The van der Waals surface area contributed by atoms with Gasteiger partial charge in [0, 0.05) is 61.8 Å². The Bertz CT molecular complexity index is 991. The van der Waals surface area contributed by atoms with E-state index in [2.05, 4.69) is 10.3 Å². The largest absolute Gasteiger partial charge is 0.351 e. The van der Waals surface area contributed by atoms with Crippen LogP contribution in [0.5, 0.6) is 0 Å². The van der Waals surface area contributed by atoms with Crippen molar-refractivity contribution in [2.24, 2.45) is 5.73 Å². The molecular weight excluding hydrogens is 397 g/mol. The minimum Gasteiger partial charge on any atom is -0.351 e. The number of piperazine rings is 1. The first kappa shape index (κ1) is 21.2. The van der Waals surface area contributed by atoms with Gasteiger partial charge >= 0.3 is 6.03 Å². The van der Waals surface area contributed by atoms with Crippen LogP contribution in [-0.2, 0) is 16.6 Å². The number of pyridine rings is 1. The number of halogens is 1. The standard InChI is InChI=1S/C19H24FN5O3S/c1-2-29(27,28)25-10-8-24(9-11-25)13-14-4-3-5-15(18(14)20)16-12-22-7-6-17(16)23-19(21)26/h3-7,12H,2,8-11,13H2,1H3,(H3,21,22,23,26). The van der Waals surface area contributed by atoms with Gasteiger partial charge < -0.3 is 11.1 Å². The third-order valence-corrected chi connectivity index (χ3v) is 6.81. The number of sulfonamides is 1. The first-order valence-corrected chi connectivity index (χ1v) is 10.9. The SMILES string of the molecule is CCS(=O)(=O)N1CCN(Cc2cccc(-c3cnccc3NC(N)=O)c2F)CC1. The van der Waals surface area contributed by atoms with Crippen molar-refractivity contribution in [3.8, 4) is 11.1 Å². The summed E-state index contributed by atoms with van der Waals surface area (Å²) in [5.74, 6) is -0.326. The number of carbonyl (C=O) groups is 1. The van der Waals surface area contributed by atoms with E-state index in [1.54, 1.807) is 31.2 Å². The summed E-state index contributed by atoms with van der Waals surface area (Å²) < 4.78 is 40.7. The van der Waals surface area contributed by atoms with Crippen LogP contribution in [0.3, 0.4) is 0 Å². The molecule has 29 heavy (non-hydrogen) atoms. The molecule has 0 radical (unpaired) electrons. The highest BCUT2D eigenvalue weighted by Gasteiger charge is 2.26. The predicted molar refractivity (Wildman–Crippen MR) is 109 cm³/mol. The van der Waals surface area contributed by atoms with Crippen molar-refractivity contribution in [2.45, 2.75) is 13.5 Å². The highest BCUT2D eigenvalue weighted by molar-refractivity contribution is 7.89. The van der Waals surface area contributed by atoms with Crippen LogP contribution in [-0.4, -0.2) is 60.6 Å². The molecule has 3 rings (SSSR count). The third-order valence-electron chi connectivity index (χ3n) is 4.93. The van der Waals surface area contributed by atoms with E-state index in [1.165, 1.54) is 16.7 Å². The minimum atomic E-state index is -3.20. The molecular formula is C19H24FN5O3S. The Labute approximate surface area is 169 Å². The van der Waals surface area contributed by atoms with Crippen molar-refractivity contribution in [3.05, 3.63) is 48.0 Å². The number of aromatic nitrogens is 1. The van der Waals surface area contributed by atoms with E-state index in [1.807, 2.05) is 4.90 Å². The maximum atomic E-state index is 15.2. The molecule has 1 fully saturated rings. The molecule has 156 valence electrons. The Morgan fingerprint density at radius 2 is 1.93 bits per heavy atom. The van der Waals surface area contributed by atoms with Crippen LogP contribution in [0.1, 0.15) is 12.5 Å². The summed E-state index contributed by atoms with van der Waals surface area (Å²) in [4.78, 5) is 17.3. The minimum absolute atomic E-state index is 0.0798. The molecule has 1 aromatic heterocycles. The van der Waals surface area contributed by atoms with Crippen LogP contribution in [0, 0.1) is 5.82 Å². The van der Waals surface area contributed by atoms with Crippen LogP contribution in [0.2, 0.25) is 0 Å². The van der Waals surface area contributed by atoms with Crippen LogP contribution in [0.15, 0.2) is 36.7 Å². The van der Waals surface area contributed by atoms with Crippen molar-refractivity contribution in [1.29, 1.82) is 0 Å². The molecule has 0 unspecified atom stereocenters. The van der Waals surface area contributed by atoms with Gasteiger partial charge in [0.2, 0.25) is 10.0 Å². The maximum Gasteiger partial charge on any atom is 0.316 e. The van der Waals surface area contributed by atoms with Crippen molar-refractivity contribution in [2.75, 3.05) is 37.2 Å². The van der Waals surface area contributed by atoms with E-state index in [0.717, 1.165) is 0 Å². The fourth-order valence-electron chi connectivity index (χ4n) is 3.35. The van der Waals surface area contributed by atoms with Crippen molar-refractivity contribution in [3.63, 3.8) is 0 Å². The molecule has 1 aliphatic rings. The molecule has 0 spiro atoms. The number of nitrogens with one attached hydrogen (secondary N) is 1. The highest BCUT2D eigenvalue weighted by Crippen LogP contribution is 2.31. The first-order chi connectivity index (χ1) is 13.8. The molecule has 2 heterocycles. The highest BCUT2D eigenvalue weighted by atomic mass is 32.2. The molecule has 0 atom stereocenters. The number of carbonyl (C=O) groups excluding carboxylic acids is 1. The van der Waals surface area contributed by atoms with E-state index in [9.17, 15) is 13.2 Å². The van der Waals surface area contributed by atoms with E-state index < -0.39 is 21.9 Å². The summed E-state index contributed by atoms with van der Waals surface area (Å²) in [6.45, 7) is 3.84. The van der Waals surface area contributed by atoms with Gasteiger partial charge in [0.25, 0.3) is 0 Å². The topological polar surface area (TPSA) is 109 Å². The van der Waals surface area contributed by atoms with Gasteiger partial charge in [-0.05, 0) is 13.0 Å². The number of amides is 2. The van der Waals surface area contributed by atoms with Crippen molar-refractivity contribution in [1.82, 2.24) is 14.2 Å². The number of hydrogen-bond acceptors (Lipinski definition) is 5. The molecule has 0 bridgehead atoms. The molecule has 0 saturated carbocycles. The summed E-state index contributed by atoms with van der Waals surface area (Å²) in [6.07, 6.45) is 2.96. The molecule has 1 aromatic carbocycles. The Kier molecular flexibility index (Phi) is 6.46. The van der Waals surface area contributed by atoms with Crippen molar-refractivity contribution < 1.29 is 17.6 Å². The normalized spacial score (nSPS) is 15.9. The Hall–Kier alpha value is -2.56. The molecule has 2 aromatic rings. The number of primary amides is 1. The second-order valence-electron chi connectivity index (χ2n) is 6.76. The second-order valence-corrected chi connectivity index (χ2v) is 9.02. The average molecular weight is 421 g/mol. The Morgan fingerprint density at radius 3 is 2.59 bits per heavy atom. The molecule has 10 heteroatoms. The van der Waals surface area contributed by atoms with Gasteiger partial charge in [-0.3, -0.25) is 9.88 Å². The van der Waals surface area contributed by atoms with Gasteiger partial charge in [-0.25, -0.2) is 17.6 Å². The van der Waals surface area contributed by atoms with Crippen LogP contribution in [0.4, 0.5) is 14.9 Å². The number of nitrogens with zero attached hydrogens (tertiary/aromatic N) is 3. The zero-order chi connectivity index (χ0) is 21.0. The van der Waals surface area contributed by atoms with Crippen LogP contribution in [0.25, 0.3) is 11.1 Å².